The van der Waals surface area contributed by atoms with E-state index in [0.29, 0.717) is 18.7 Å². The predicted molar refractivity (Wildman–Crippen MR) is 96.3 cm³/mol. The second kappa shape index (κ2) is 9.59. The molecular formula is C15H24IN3O2. The van der Waals surface area contributed by atoms with Crippen molar-refractivity contribution < 1.29 is 9.53 Å². The SMILES string of the molecule is CCOC(=O)c1ccc(CN=C(N(C)C)N(C)C)cc1.I. The van der Waals surface area contributed by atoms with Crippen LogP contribution in [0.25, 0.3) is 0 Å². The molecule has 5 nitrogen and oxygen atoms in total. The number of guanidine groups is 1. The Morgan fingerprint density at radius 3 is 2.05 bits per heavy atom. The molecule has 0 radical (unpaired) electrons. The van der Waals surface area contributed by atoms with E-state index in [9.17, 15) is 4.79 Å². The zero-order valence-corrected chi connectivity index (χ0v) is 15.6. The molecule has 0 atom stereocenters. The molecule has 0 aromatic heterocycles. The first-order valence-corrected chi connectivity index (χ1v) is 6.60. The average Bonchev–Trinajstić information content (AvgIpc) is 2.39. The van der Waals surface area contributed by atoms with Gasteiger partial charge in [0.25, 0.3) is 0 Å². The van der Waals surface area contributed by atoms with Crippen LogP contribution in [0.15, 0.2) is 29.3 Å². The van der Waals surface area contributed by atoms with E-state index >= 15 is 0 Å². The molecule has 0 aliphatic carbocycles. The van der Waals surface area contributed by atoms with Crippen molar-refractivity contribution in [3.63, 3.8) is 0 Å². The summed E-state index contributed by atoms with van der Waals surface area (Å²) < 4.78 is 4.95. The van der Waals surface area contributed by atoms with Crippen LogP contribution in [0, 0.1) is 0 Å². The van der Waals surface area contributed by atoms with E-state index in [1.54, 1.807) is 19.1 Å². The Morgan fingerprint density at radius 2 is 1.62 bits per heavy atom. The first-order valence-electron chi connectivity index (χ1n) is 6.60. The van der Waals surface area contributed by atoms with E-state index in [1.807, 2.05) is 50.1 Å². The van der Waals surface area contributed by atoms with Crippen molar-refractivity contribution in [2.24, 2.45) is 4.99 Å². The molecule has 0 heterocycles. The molecule has 0 aliphatic rings. The topological polar surface area (TPSA) is 45.1 Å². The molecule has 0 bridgehead atoms. The maximum absolute atomic E-state index is 11.5. The van der Waals surface area contributed by atoms with Gasteiger partial charge in [-0.15, -0.1) is 24.0 Å². The first kappa shape index (κ1) is 19.7. The number of hydrogen-bond acceptors (Lipinski definition) is 3. The van der Waals surface area contributed by atoms with E-state index < -0.39 is 0 Å². The van der Waals surface area contributed by atoms with Crippen LogP contribution in [0.2, 0.25) is 0 Å². The van der Waals surface area contributed by atoms with Gasteiger partial charge in [0.2, 0.25) is 0 Å². The third-order valence-electron chi connectivity index (χ3n) is 2.67. The summed E-state index contributed by atoms with van der Waals surface area (Å²) in [5, 5.41) is 0. The molecule has 0 saturated heterocycles. The monoisotopic (exact) mass is 405 g/mol. The maximum atomic E-state index is 11.5. The molecule has 1 rings (SSSR count). The number of rotatable bonds is 4. The minimum atomic E-state index is -0.287. The van der Waals surface area contributed by atoms with Crippen LogP contribution in [0.1, 0.15) is 22.8 Å². The summed E-state index contributed by atoms with van der Waals surface area (Å²) in [6.45, 7) is 2.76. The molecule has 0 aliphatic heterocycles. The highest BCUT2D eigenvalue weighted by molar-refractivity contribution is 14.0. The van der Waals surface area contributed by atoms with Gasteiger partial charge in [-0.2, -0.15) is 0 Å². The minimum absolute atomic E-state index is 0. The molecule has 0 spiro atoms. The highest BCUT2D eigenvalue weighted by Gasteiger charge is 2.06. The lowest BCUT2D eigenvalue weighted by Gasteiger charge is -2.22. The highest BCUT2D eigenvalue weighted by atomic mass is 127. The molecule has 0 unspecified atom stereocenters. The van der Waals surface area contributed by atoms with E-state index in [2.05, 4.69) is 4.99 Å². The number of nitrogens with zero attached hydrogens (tertiary/aromatic N) is 3. The van der Waals surface area contributed by atoms with Gasteiger partial charge in [0.1, 0.15) is 0 Å². The molecule has 118 valence electrons. The van der Waals surface area contributed by atoms with Gasteiger partial charge in [-0.3, -0.25) is 0 Å². The molecule has 0 N–H and O–H groups in total. The Labute approximate surface area is 144 Å². The van der Waals surface area contributed by atoms with Gasteiger partial charge in [-0.05, 0) is 24.6 Å². The van der Waals surface area contributed by atoms with Crippen molar-refractivity contribution in [1.82, 2.24) is 9.80 Å². The van der Waals surface area contributed by atoms with Crippen LogP contribution in [0.3, 0.4) is 0 Å². The Hall–Kier alpha value is -1.31. The normalized spacial score (nSPS) is 9.38. The molecule has 21 heavy (non-hydrogen) atoms. The summed E-state index contributed by atoms with van der Waals surface area (Å²) in [6.07, 6.45) is 0. The highest BCUT2D eigenvalue weighted by Crippen LogP contribution is 2.08. The lowest BCUT2D eigenvalue weighted by molar-refractivity contribution is 0.0526. The van der Waals surface area contributed by atoms with Crippen LogP contribution < -0.4 is 0 Å². The molecule has 0 amide bonds. The number of carbonyl (C=O) groups is 1. The molecule has 1 aromatic carbocycles. The average molecular weight is 405 g/mol. The Kier molecular flexibility index (Phi) is 9.00. The zero-order chi connectivity index (χ0) is 15.1. The second-order valence-corrected chi connectivity index (χ2v) is 4.82. The van der Waals surface area contributed by atoms with E-state index in [1.165, 1.54) is 0 Å². The summed E-state index contributed by atoms with van der Waals surface area (Å²) >= 11 is 0. The van der Waals surface area contributed by atoms with E-state index in [-0.39, 0.29) is 29.9 Å². The molecule has 1 aromatic rings. The third kappa shape index (κ3) is 6.33. The van der Waals surface area contributed by atoms with Crippen molar-refractivity contribution in [3.8, 4) is 0 Å². The van der Waals surface area contributed by atoms with Crippen LogP contribution >= 0.6 is 24.0 Å². The Morgan fingerprint density at radius 1 is 1.10 bits per heavy atom. The van der Waals surface area contributed by atoms with Crippen molar-refractivity contribution >= 4 is 35.9 Å². The summed E-state index contributed by atoms with van der Waals surface area (Å²) in [5.41, 5.74) is 1.62. The second-order valence-electron chi connectivity index (χ2n) is 4.82. The standard InChI is InChI=1S/C15H23N3O2.HI/c1-6-20-14(19)13-9-7-12(8-10-13)11-16-15(17(2)3)18(4)5;/h7-10H,6,11H2,1-5H3;1H. The summed E-state index contributed by atoms with van der Waals surface area (Å²) in [5.74, 6) is 0.615. The van der Waals surface area contributed by atoms with Crippen LogP contribution in [0.4, 0.5) is 0 Å². The number of hydrogen-bond donors (Lipinski definition) is 0. The summed E-state index contributed by atoms with van der Waals surface area (Å²) in [7, 11) is 7.84. The predicted octanol–water partition coefficient (Wildman–Crippen LogP) is 2.46. The number of carbonyl (C=O) groups excluding carboxylic acids is 1. The van der Waals surface area contributed by atoms with Crippen molar-refractivity contribution in [3.05, 3.63) is 35.4 Å². The fraction of sp³-hybridized carbons (Fsp3) is 0.467. The maximum Gasteiger partial charge on any atom is 0.338 e. The molecule has 0 fully saturated rings. The molecule has 6 heteroatoms. The number of esters is 1. The minimum Gasteiger partial charge on any atom is -0.462 e. The number of aliphatic imine (C=N–C) groups is 1. The van der Waals surface area contributed by atoms with Crippen molar-refractivity contribution in [2.45, 2.75) is 13.5 Å². The van der Waals surface area contributed by atoms with Crippen LogP contribution in [-0.4, -0.2) is 56.5 Å². The smallest absolute Gasteiger partial charge is 0.338 e. The third-order valence-corrected chi connectivity index (χ3v) is 2.67. The van der Waals surface area contributed by atoms with Gasteiger partial charge in [0.05, 0.1) is 18.7 Å². The molecular weight excluding hydrogens is 381 g/mol. The lowest BCUT2D eigenvalue weighted by atomic mass is 10.1. The lowest BCUT2D eigenvalue weighted by Crippen LogP contribution is -2.35. The largest absolute Gasteiger partial charge is 0.462 e. The summed E-state index contributed by atoms with van der Waals surface area (Å²) in [4.78, 5) is 20.0. The zero-order valence-electron chi connectivity index (χ0n) is 13.3. The van der Waals surface area contributed by atoms with Gasteiger partial charge in [-0.1, -0.05) is 12.1 Å². The van der Waals surface area contributed by atoms with Crippen molar-refractivity contribution in [2.75, 3.05) is 34.8 Å². The number of benzene rings is 1. The van der Waals surface area contributed by atoms with Gasteiger partial charge < -0.3 is 14.5 Å². The Bertz CT molecular complexity index is 460. The first-order chi connectivity index (χ1) is 9.45. The molecule has 0 saturated carbocycles. The van der Waals surface area contributed by atoms with Gasteiger partial charge in [0.15, 0.2) is 5.96 Å². The number of halogens is 1. The summed E-state index contributed by atoms with van der Waals surface area (Å²) in [6, 6.07) is 7.35. The van der Waals surface area contributed by atoms with Crippen molar-refractivity contribution in [1.29, 1.82) is 0 Å². The Balaban J connectivity index is 0.00000400. The fourth-order valence-electron chi connectivity index (χ4n) is 1.81. The van der Waals surface area contributed by atoms with Gasteiger partial charge >= 0.3 is 5.97 Å². The van der Waals surface area contributed by atoms with Gasteiger partial charge in [0, 0.05) is 28.2 Å². The fourth-order valence-corrected chi connectivity index (χ4v) is 1.81. The number of ether oxygens (including phenoxy) is 1. The van der Waals surface area contributed by atoms with Gasteiger partial charge in [-0.25, -0.2) is 9.79 Å². The van der Waals surface area contributed by atoms with Crippen LogP contribution in [-0.2, 0) is 11.3 Å². The van der Waals surface area contributed by atoms with Crippen LogP contribution in [0.5, 0.6) is 0 Å². The van der Waals surface area contributed by atoms with E-state index in [0.717, 1.165) is 11.5 Å². The quantitative estimate of drug-likeness (QED) is 0.334. The van der Waals surface area contributed by atoms with E-state index in [4.69, 9.17) is 4.74 Å².